The second kappa shape index (κ2) is 7.98. The summed E-state index contributed by atoms with van der Waals surface area (Å²) in [7, 11) is 0. The smallest absolute Gasteiger partial charge is 0.250 e. The van der Waals surface area contributed by atoms with Crippen molar-refractivity contribution in [2.45, 2.75) is 20.8 Å². The summed E-state index contributed by atoms with van der Waals surface area (Å²) in [5, 5.41) is 5.42. The second-order valence-corrected chi connectivity index (χ2v) is 7.96. The lowest BCUT2D eigenvalue weighted by atomic mass is 9.98. The van der Waals surface area contributed by atoms with Crippen LogP contribution in [0.3, 0.4) is 0 Å². The monoisotopic (exact) mass is 426 g/mol. The number of hydrogen-bond donors (Lipinski definition) is 1. The molecule has 3 aromatic rings. The van der Waals surface area contributed by atoms with Crippen LogP contribution in [0.5, 0.6) is 0 Å². The van der Waals surface area contributed by atoms with Gasteiger partial charge < -0.3 is 0 Å². The highest BCUT2D eigenvalue weighted by Crippen LogP contribution is 2.31. The largest absolute Gasteiger partial charge is 0.298 e. The lowest BCUT2D eigenvalue weighted by Crippen LogP contribution is -2.07. The predicted octanol–water partition coefficient (Wildman–Crippen LogP) is 6.15. The fourth-order valence-corrected chi connectivity index (χ4v) is 3.89. The van der Waals surface area contributed by atoms with E-state index in [0.717, 1.165) is 21.3 Å². The van der Waals surface area contributed by atoms with Gasteiger partial charge in [0.15, 0.2) is 5.13 Å². The zero-order chi connectivity index (χ0) is 18.7. The summed E-state index contributed by atoms with van der Waals surface area (Å²) in [6.07, 6.45) is 3.30. The Labute approximate surface area is 165 Å². The fourth-order valence-electron chi connectivity index (χ4n) is 2.92. The van der Waals surface area contributed by atoms with E-state index in [4.69, 9.17) is 0 Å². The van der Waals surface area contributed by atoms with E-state index in [2.05, 4.69) is 59.1 Å². The molecule has 0 saturated carbocycles. The Morgan fingerprint density at radius 1 is 1.12 bits per heavy atom. The van der Waals surface area contributed by atoms with E-state index in [1.165, 1.54) is 34.1 Å². The molecule has 1 amide bonds. The molecule has 2 aromatic carbocycles. The summed E-state index contributed by atoms with van der Waals surface area (Å²) >= 11 is 4.83. The van der Waals surface area contributed by atoms with Crippen molar-refractivity contribution in [3.8, 4) is 11.3 Å². The number of hydrogen-bond acceptors (Lipinski definition) is 3. The van der Waals surface area contributed by atoms with Gasteiger partial charge in [-0.3, -0.25) is 10.1 Å². The molecule has 0 unspecified atom stereocenters. The SMILES string of the molecule is Cc1cc(C)c(-c2csc(NC(=O)/C=C/c3ccc(Br)cc3)n2)c(C)c1. The molecule has 0 saturated heterocycles. The van der Waals surface area contributed by atoms with Gasteiger partial charge >= 0.3 is 0 Å². The average molecular weight is 427 g/mol. The van der Waals surface area contributed by atoms with Crippen LogP contribution in [0.1, 0.15) is 22.3 Å². The Kier molecular flexibility index (Phi) is 5.69. The summed E-state index contributed by atoms with van der Waals surface area (Å²) in [4.78, 5) is 16.7. The van der Waals surface area contributed by atoms with Crippen molar-refractivity contribution in [1.29, 1.82) is 0 Å². The molecule has 26 heavy (non-hydrogen) atoms. The highest BCUT2D eigenvalue weighted by atomic mass is 79.9. The van der Waals surface area contributed by atoms with Crippen molar-refractivity contribution in [3.63, 3.8) is 0 Å². The number of halogens is 1. The van der Waals surface area contributed by atoms with Crippen LogP contribution in [-0.2, 0) is 4.79 Å². The van der Waals surface area contributed by atoms with Gasteiger partial charge in [-0.05, 0) is 55.7 Å². The summed E-state index contributed by atoms with van der Waals surface area (Å²) in [5.74, 6) is -0.189. The summed E-state index contributed by atoms with van der Waals surface area (Å²) in [6, 6.07) is 12.1. The standard InChI is InChI=1S/C21H19BrN2OS/c1-13-10-14(2)20(15(3)11-13)18-12-26-21(23-18)24-19(25)9-6-16-4-7-17(22)8-5-16/h4-12H,1-3H3,(H,23,24,25)/b9-6+. The summed E-state index contributed by atoms with van der Waals surface area (Å²) in [5.41, 5.74) is 6.64. The van der Waals surface area contributed by atoms with Crippen LogP contribution in [0.4, 0.5) is 5.13 Å². The van der Waals surface area contributed by atoms with Crippen molar-refractivity contribution in [3.05, 3.63) is 74.6 Å². The van der Waals surface area contributed by atoms with E-state index >= 15 is 0 Å². The summed E-state index contributed by atoms with van der Waals surface area (Å²) < 4.78 is 1.01. The third-order valence-corrected chi connectivity index (χ3v) is 5.25. The molecule has 0 radical (unpaired) electrons. The zero-order valence-electron chi connectivity index (χ0n) is 14.8. The molecule has 0 aliphatic rings. The number of benzene rings is 2. The minimum absolute atomic E-state index is 0.189. The van der Waals surface area contributed by atoms with E-state index in [1.807, 2.05) is 29.6 Å². The van der Waals surface area contributed by atoms with Crippen LogP contribution in [0.25, 0.3) is 17.3 Å². The van der Waals surface area contributed by atoms with E-state index in [9.17, 15) is 4.79 Å². The molecule has 0 aliphatic heterocycles. The zero-order valence-corrected chi connectivity index (χ0v) is 17.2. The van der Waals surface area contributed by atoms with E-state index in [-0.39, 0.29) is 5.91 Å². The van der Waals surface area contributed by atoms with Crippen molar-refractivity contribution >= 4 is 44.4 Å². The molecule has 0 atom stereocenters. The maximum absolute atomic E-state index is 12.1. The quantitative estimate of drug-likeness (QED) is 0.508. The van der Waals surface area contributed by atoms with Crippen LogP contribution < -0.4 is 5.32 Å². The Morgan fingerprint density at radius 3 is 2.42 bits per heavy atom. The molecule has 0 bridgehead atoms. The van der Waals surface area contributed by atoms with Gasteiger partial charge in [-0.15, -0.1) is 11.3 Å². The Bertz CT molecular complexity index is 951. The maximum Gasteiger partial charge on any atom is 0.250 e. The first-order valence-electron chi connectivity index (χ1n) is 8.21. The molecule has 1 N–H and O–H groups in total. The highest BCUT2D eigenvalue weighted by Gasteiger charge is 2.11. The number of amides is 1. The predicted molar refractivity (Wildman–Crippen MR) is 114 cm³/mol. The number of aryl methyl sites for hydroxylation is 3. The van der Waals surface area contributed by atoms with E-state index in [1.54, 1.807) is 6.08 Å². The number of carbonyl (C=O) groups excluding carboxylic acids is 1. The normalized spacial score (nSPS) is 11.1. The van der Waals surface area contributed by atoms with Crippen molar-refractivity contribution in [2.75, 3.05) is 5.32 Å². The minimum atomic E-state index is -0.189. The van der Waals surface area contributed by atoms with Crippen LogP contribution >= 0.6 is 27.3 Å². The van der Waals surface area contributed by atoms with Gasteiger partial charge in [0.1, 0.15) is 0 Å². The van der Waals surface area contributed by atoms with Gasteiger partial charge in [-0.1, -0.05) is 45.8 Å². The van der Waals surface area contributed by atoms with Crippen molar-refractivity contribution < 1.29 is 4.79 Å². The van der Waals surface area contributed by atoms with Gasteiger partial charge in [-0.25, -0.2) is 4.98 Å². The Morgan fingerprint density at radius 2 is 1.77 bits per heavy atom. The van der Waals surface area contributed by atoms with E-state index in [0.29, 0.717) is 5.13 Å². The molecule has 1 aromatic heterocycles. The lowest BCUT2D eigenvalue weighted by molar-refractivity contribution is -0.111. The van der Waals surface area contributed by atoms with Crippen LogP contribution in [0.15, 0.2) is 52.3 Å². The molecule has 0 spiro atoms. The lowest BCUT2D eigenvalue weighted by Gasteiger charge is -2.08. The molecule has 3 nitrogen and oxygen atoms in total. The highest BCUT2D eigenvalue weighted by molar-refractivity contribution is 9.10. The second-order valence-electron chi connectivity index (χ2n) is 6.19. The number of anilines is 1. The van der Waals surface area contributed by atoms with E-state index < -0.39 is 0 Å². The Balaban J connectivity index is 1.72. The maximum atomic E-state index is 12.1. The number of carbonyl (C=O) groups is 1. The molecule has 132 valence electrons. The molecule has 3 rings (SSSR count). The van der Waals surface area contributed by atoms with Gasteiger partial charge in [0.2, 0.25) is 5.91 Å². The van der Waals surface area contributed by atoms with Gasteiger partial charge in [0.25, 0.3) is 0 Å². The number of aromatic nitrogens is 1. The third kappa shape index (κ3) is 4.48. The first-order valence-corrected chi connectivity index (χ1v) is 9.88. The van der Waals surface area contributed by atoms with Gasteiger partial charge in [0.05, 0.1) is 5.69 Å². The molecule has 0 aliphatic carbocycles. The van der Waals surface area contributed by atoms with Crippen LogP contribution in [-0.4, -0.2) is 10.9 Å². The average Bonchev–Trinajstić information content (AvgIpc) is 3.01. The van der Waals surface area contributed by atoms with Crippen molar-refractivity contribution in [2.24, 2.45) is 0 Å². The number of nitrogens with one attached hydrogen (secondary N) is 1. The third-order valence-electron chi connectivity index (χ3n) is 3.96. The number of thiazole rings is 1. The Hall–Kier alpha value is -2.24. The number of nitrogens with zero attached hydrogens (tertiary/aromatic N) is 1. The topological polar surface area (TPSA) is 42.0 Å². The van der Waals surface area contributed by atoms with Gasteiger partial charge in [-0.2, -0.15) is 0 Å². The van der Waals surface area contributed by atoms with Crippen LogP contribution in [0, 0.1) is 20.8 Å². The van der Waals surface area contributed by atoms with Crippen molar-refractivity contribution in [1.82, 2.24) is 4.98 Å². The first-order chi connectivity index (χ1) is 12.4. The molecule has 5 heteroatoms. The van der Waals surface area contributed by atoms with Gasteiger partial charge in [0, 0.05) is 21.5 Å². The molecule has 0 fully saturated rings. The summed E-state index contributed by atoms with van der Waals surface area (Å²) in [6.45, 7) is 6.27. The number of rotatable bonds is 4. The molecular weight excluding hydrogens is 408 g/mol. The molecular formula is C21H19BrN2OS. The van der Waals surface area contributed by atoms with Crippen LogP contribution in [0.2, 0.25) is 0 Å². The molecule has 1 heterocycles. The fraction of sp³-hybridized carbons (Fsp3) is 0.143. The minimum Gasteiger partial charge on any atom is -0.298 e. The first kappa shape index (κ1) is 18.5.